The summed E-state index contributed by atoms with van der Waals surface area (Å²) in [5.74, 6) is 1.21. The molecule has 1 aromatic heterocycles. The van der Waals surface area contributed by atoms with E-state index in [1.807, 2.05) is 0 Å². The largest absolute Gasteiger partial charge is 0.198 e. The third kappa shape index (κ3) is 3.34. The standard InChI is InChI=1S/C17H30N/c1-13(14(2)16(3,4)5)15-11-9-10-12-18(15)17(6,7)8/h9-14H,1-8H3/q+1. The van der Waals surface area contributed by atoms with Crippen LogP contribution >= 0.6 is 0 Å². The Balaban J connectivity index is 3.18. The molecule has 0 amide bonds. The number of nitrogens with zero attached hydrogens (tertiary/aromatic N) is 1. The molecule has 1 rings (SSSR count). The summed E-state index contributed by atoms with van der Waals surface area (Å²) in [6.45, 7) is 18.5. The summed E-state index contributed by atoms with van der Waals surface area (Å²) >= 11 is 0. The lowest BCUT2D eigenvalue weighted by Crippen LogP contribution is -2.54. The van der Waals surface area contributed by atoms with Gasteiger partial charge in [0.2, 0.25) is 0 Å². The lowest BCUT2D eigenvalue weighted by atomic mass is 9.73. The summed E-state index contributed by atoms with van der Waals surface area (Å²) in [6, 6.07) is 6.56. The molecule has 0 saturated carbocycles. The normalized spacial score (nSPS) is 16.4. The summed E-state index contributed by atoms with van der Waals surface area (Å²) in [6.07, 6.45) is 2.21. The molecule has 2 atom stereocenters. The number of pyridine rings is 1. The molecule has 0 spiro atoms. The van der Waals surface area contributed by atoms with Gasteiger partial charge in [0, 0.05) is 38.8 Å². The zero-order valence-corrected chi connectivity index (χ0v) is 13.4. The van der Waals surface area contributed by atoms with Crippen LogP contribution in [0.5, 0.6) is 0 Å². The van der Waals surface area contributed by atoms with Gasteiger partial charge in [-0.3, -0.25) is 0 Å². The van der Waals surface area contributed by atoms with Crippen molar-refractivity contribution < 1.29 is 4.57 Å². The lowest BCUT2D eigenvalue weighted by molar-refractivity contribution is -0.761. The predicted molar refractivity (Wildman–Crippen MR) is 78.7 cm³/mol. The van der Waals surface area contributed by atoms with Crippen molar-refractivity contribution in [3.63, 3.8) is 0 Å². The van der Waals surface area contributed by atoms with Gasteiger partial charge in [-0.25, -0.2) is 0 Å². The van der Waals surface area contributed by atoms with Crippen LogP contribution in [-0.2, 0) is 5.54 Å². The van der Waals surface area contributed by atoms with Crippen LogP contribution < -0.4 is 4.57 Å². The van der Waals surface area contributed by atoms with Crippen molar-refractivity contribution in [2.24, 2.45) is 11.3 Å². The summed E-state index contributed by atoms with van der Waals surface area (Å²) in [4.78, 5) is 0. The lowest BCUT2D eigenvalue weighted by Gasteiger charge is -2.32. The van der Waals surface area contributed by atoms with Crippen LogP contribution in [0.1, 0.15) is 67.0 Å². The van der Waals surface area contributed by atoms with Crippen LogP contribution in [0.4, 0.5) is 0 Å². The highest BCUT2D eigenvalue weighted by Crippen LogP contribution is 2.36. The van der Waals surface area contributed by atoms with E-state index in [9.17, 15) is 0 Å². The molecular formula is C17H30N+. The SMILES string of the molecule is CC(c1cccc[n+]1C(C)(C)C)C(C)C(C)(C)C. The Morgan fingerprint density at radius 3 is 1.94 bits per heavy atom. The number of hydrogen-bond donors (Lipinski definition) is 0. The minimum Gasteiger partial charge on any atom is -0.198 e. The van der Waals surface area contributed by atoms with E-state index in [0.29, 0.717) is 17.3 Å². The fraction of sp³-hybridized carbons (Fsp3) is 0.706. The van der Waals surface area contributed by atoms with Gasteiger partial charge in [0.05, 0.1) is 0 Å². The number of hydrogen-bond acceptors (Lipinski definition) is 0. The topological polar surface area (TPSA) is 3.88 Å². The molecule has 0 aromatic carbocycles. The van der Waals surface area contributed by atoms with E-state index in [1.165, 1.54) is 5.69 Å². The molecule has 0 bridgehead atoms. The monoisotopic (exact) mass is 248 g/mol. The maximum atomic E-state index is 2.42. The van der Waals surface area contributed by atoms with Gasteiger partial charge in [-0.05, 0) is 11.3 Å². The van der Waals surface area contributed by atoms with Crippen LogP contribution in [0, 0.1) is 11.3 Å². The fourth-order valence-corrected chi connectivity index (χ4v) is 2.44. The summed E-state index contributed by atoms with van der Waals surface area (Å²) in [7, 11) is 0. The van der Waals surface area contributed by atoms with Crippen molar-refractivity contribution in [1.82, 2.24) is 0 Å². The van der Waals surface area contributed by atoms with Crippen LogP contribution in [0.3, 0.4) is 0 Å². The maximum Gasteiger partial charge on any atom is 0.184 e. The van der Waals surface area contributed by atoms with Crippen molar-refractivity contribution in [2.75, 3.05) is 0 Å². The number of rotatable bonds is 2. The predicted octanol–water partition coefficient (Wildman–Crippen LogP) is 4.51. The van der Waals surface area contributed by atoms with Gasteiger partial charge < -0.3 is 0 Å². The fourth-order valence-electron chi connectivity index (χ4n) is 2.44. The van der Waals surface area contributed by atoms with E-state index in [1.54, 1.807) is 0 Å². The molecule has 2 unspecified atom stereocenters. The average Bonchev–Trinajstić information content (AvgIpc) is 2.24. The molecule has 0 aliphatic carbocycles. The minimum atomic E-state index is 0.141. The molecule has 0 aliphatic heterocycles. The van der Waals surface area contributed by atoms with E-state index < -0.39 is 0 Å². The molecule has 0 N–H and O–H groups in total. The van der Waals surface area contributed by atoms with Crippen LogP contribution in [0.15, 0.2) is 24.4 Å². The highest BCUT2D eigenvalue weighted by Gasteiger charge is 2.34. The van der Waals surface area contributed by atoms with Crippen molar-refractivity contribution in [3.05, 3.63) is 30.1 Å². The average molecular weight is 248 g/mol. The van der Waals surface area contributed by atoms with Gasteiger partial charge in [0.15, 0.2) is 17.4 Å². The highest BCUT2D eigenvalue weighted by molar-refractivity contribution is 5.05. The Kier molecular flexibility index (Phi) is 4.25. The third-order valence-corrected chi connectivity index (χ3v) is 4.20. The van der Waals surface area contributed by atoms with Gasteiger partial charge in [-0.2, -0.15) is 4.57 Å². The van der Waals surface area contributed by atoms with Crippen molar-refractivity contribution >= 4 is 0 Å². The molecule has 1 heteroatoms. The molecule has 18 heavy (non-hydrogen) atoms. The Bertz CT molecular complexity index is 393. The zero-order chi connectivity index (χ0) is 14.1. The molecule has 1 nitrogen and oxygen atoms in total. The summed E-state index contributed by atoms with van der Waals surface area (Å²) in [5, 5.41) is 0. The van der Waals surface area contributed by atoms with Crippen molar-refractivity contribution in [3.8, 4) is 0 Å². The quantitative estimate of drug-likeness (QED) is 0.678. The third-order valence-electron chi connectivity index (χ3n) is 4.20. The molecule has 0 fully saturated rings. The second kappa shape index (κ2) is 5.03. The van der Waals surface area contributed by atoms with Gasteiger partial charge in [0.25, 0.3) is 0 Å². The highest BCUT2D eigenvalue weighted by atomic mass is 15.0. The van der Waals surface area contributed by atoms with E-state index in [-0.39, 0.29) is 5.54 Å². The number of aromatic nitrogens is 1. The van der Waals surface area contributed by atoms with Crippen molar-refractivity contribution in [2.45, 2.75) is 66.8 Å². The molecule has 0 aliphatic rings. The smallest absolute Gasteiger partial charge is 0.184 e. The van der Waals surface area contributed by atoms with Crippen LogP contribution in [0.2, 0.25) is 0 Å². The Morgan fingerprint density at radius 2 is 1.50 bits per heavy atom. The molecule has 1 aromatic rings. The summed E-state index contributed by atoms with van der Waals surface area (Å²) < 4.78 is 2.42. The first kappa shape index (κ1) is 15.2. The van der Waals surface area contributed by atoms with E-state index in [2.05, 4.69) is 84.4 Å². The molecule has 102 valence electrons. The minimum absolute atomic E-state index is 0.141. The first-order valence-corrected chi connectivity index (χ1v) is 7.06. The van der Waals surface area contributed by atoms with Gasteiger partial charge in [-0.15, -0.1) is 0 Å². The van der Waals surface area contributed by atoms with Gasteiger partial charge in [0.1, 0.15) is 0 Å². The first-order valence-electron chi connectivity index (χ1n) is 7.06. The summed E-state index contributed by atoms with van der Waals surface area (Å²) in [5.41, 5.74) is 1.92. The zero-order valence-electron chi connectivity index (χ0n) is 13.4. The molecule has 0 radical (unpaired) electrons. The molecule has 1 heterocycles. The van der Waals surface area contributed by atoms with E-state index in [4.69, 9.17) is 0 Å². The van der Waals surface area contributed by atoms with Gasteiger partial charge >= 0.3 is 0 Å². The maximum absolute atomic E-state index is 2.42. The van der Waals surface area contributed by atoms with Gasteiger partial charge in [-0.1, -0.05) is 40.7 Å². The second-order valence-electron chi connectivity index (χ2n) is 7.61. The van der Waals surface area contributed by atoms with Crippen LogP contribution in [0.25, 0.3) is 0 Å². The Morgan fingerprint density at radius 1 is 0.944 bits per heavy atom. The molecule has 0 saturated heterocycles. The van der Waals surface area contributed by atoms with E-state index >= 15 is 0 Å². The van der Waals surface area contributed by atoms with Crippen LogP contribution in [-0.4, -0.2) is 0 Å². The second-order valence-corrected chi connectivity index (χ2v) is 7.61. The Labute approximate surface area is 113 Å². The van der Waals surface area contributed by atoms with Crippen molar-refractivity contribution in [1.29, 1.82) is 0 Å². The first-order chi connectivity index (χ1) is 8.05. The van der Waals surface area contributed by atoms with E-state index in [0.717, 1.165) is 0 Å². The molecular weight excluding hydrogens is 218 g/mol. The Hall–Kier alpha value is -0.850.